The fraction of sp³-hybridized carbons (Fsp3) is 0.233. The van der Waals surface area contributed by atoms with E-state index in [1.165, 1.54) is 82.0 Å². The molecule has 4 aromatic rings. The highest BCUT2D eigenvalue weighted by Gasteiger charge is 2.27. The molecule has 18 heteroatoms. The van der Waals surface area contributed by atoms with Crippen molar-refractivity contribution in [3.8, 4) is 56.8 Å². The molecule has 0 saturated heterocycles. The van der Waals surface area contributed by atoms with Crippen LogP contribution in [0.2, 0.25) is 0 Å². The lowest BCUT2D eigenvalue weighted by Crippen LogP contribution is -2.10. The maximum absolute atomic E-state index is 12.5. The van der Waals surface area contributed by atoms with Crippen molar-refractivity contribution in [1.82, 2.24) is 0 Å². The minimum Gasteiger partial charge on any atom is -0.496 e. The van der Waals surface area contributed by atoms with Gasteiger partial charge in [0.1, 0.15) is 23.9 Å². The molecular weight excluding hydrogens is 697 g/mol. The summed E-state index contributed by atoms with van der Waals surface area (Å²) in [6.07, 6.45) is 2.54. The van der Waals surface area contributed by atoms with Crippen LogP contribution in [0.4, 0.5) is 0 Å². The SMILES string of the molecule is COC(=O)c1ccc(COc2ccc(-c3c(OC)cc(-c4ccc(OS(C)(=O)=O)cc4)c(OC)c3OS(C)(=O)=O)cc2OS(C)(=O)=O)o1. The van der Waals surface area contributed by atoms with E-state index >= 15 is 0 Å². The van der Waals surface area contributed by atoms with Crippen LogP contribution in [0.25, 0.3) is 22.3 Å². The maximum atomic E-state index is 12.5. The van der Waals surface area contributed by atoms with Crippen LogP contribution in [0, 0.1) is 0 Å². The van der Waals surface area contributed by atoms with Gasteiger partial charge >= 0.3 is 36.3 Å². The maximum Gasteiger partial charge on any atom is 0.373 e. The Labute approximate surface area is 277 Å². The second kappa shape index (κ2) is 14.0. The average molecular weight is 727 g/mol. The van der Waals surface area contributed by atoms with E-state index in [2.05, 4.69) is 4.74 Å². The van der Waals surface area contributed by atoms with Gasteiger partial charge in [-0.3, -0.25) is 0 Å². The number of rotatable bonds is 14. The summed E-state index contributed by atoms with van der Waals surface area (Å²) >= 11 is 0. The first-order valence-corrected chi connectivity index (χ1v) is 18.9. The van der Waals surface area contributed by atoms with Crippen molar-refractivity contribution in [2.75, 3.05) is 40.1 Å². The van der Waals surface area contributed by atoms with E-state index in [1.807, 2.05) is 0 Å². The largest absolute Gasteiger partial charge is 0.496 e. The van der Waals surface area contributed by atoms with Crippen molar-refractivity contribution in [3.05, 3.63) is 72.2 Å². The standard InChI is InChI=1S/C30H30O15S3/c1-38-26-16-22(18-7-10-20(11-8-18)43-46(4,32)33)28(39-2)29(45-48(6,36)37)27(26)19-9-13-23(25(15-19)44-47(5,34)35)41-17-21-12-14-24(42-21)30(31)40-3/h7-16H,17H2,1-6H3. The highest BCUT2D eigenvalue weighted by atomic mass is 32.2. The Balaban J connectivity index is 1.87. The highest BCUT2D eigenvalue weighted by molar-refractivity contribution is 7.86. The van der Waals surface area contributed by atoms with Gasteiger partial charge in [0.05, 0.1) is 45.7 Å². The summed E-state index contributed by atoms with van der Waals surface area (Å²) in [5, 5.41) is 0. The van der Waals surface area contributed by atoms with Crippen LogP contribution >= 0.6 is 0 Å². The summed E-state index contributed by atoms with van der Waals surface area (Å²) in [6, 6.07) is 14.3. The monoisotopic (exact) mass is 726 g/mol. The number of esters is 1. The molecule has 0 atom stereocenters. The third-order valence-electron chi connectivity index (χ3n) is 6.16. The van der Waals surface area contributed by atoms with Crippen LogP contribution in [0.5, 0.6) is 34.5 Å². The van der Waals surface area contributed by atoms with E-state index < -0.39 is 36.3 Å². The molecule has 0 fully saturated rings. The van der Waals surface area contributed by atoms with Gasteiger partial charge in [-0.1, -0.05) is 18.2 Å². The van der Waals surface area contributed by atoms with Crippen LogP contribution in [0.1, 0.15) is 16.3 Å². The Morgan fingerprint density at radius 3 is 1.83 bits per heavy atom. The molecule has 15 nitrogen and oxygen atoms in total. The topological polar surface area (TPSA) is 197 Å². The molecule has 1 aromatic heterocycles. The molecule has 258 valence electrons. The van der Waals surface area contributed by atoms with Crippen molar-refractivity contribution in [3.63, 3.8) is 0 Å². The number of methoxy groups -OCH3 is 3. The molecule has 0 aliphatic heterocycles. The minimum absolute atomic E-state index is 0.0353. The number of carbonyl (C=O) groups excluding carboxylic acids is 1. The molecule has 48 heavy (non-hydrogen) atoms. The first kappa shape index (κ1) is 35.9. The van der Waals surface area contributed by atoms with Crippen LogP contribution in [0.3, 0.4) is 0 Å². The van der Waals surface area contributed by atoms with Crippen molar-refractivity contribution < 1.29 is 66.0 Å². The molecule has 0 spiro atoms. The summed E-state index contributed by atoms with van der Waals surface area (Å²) in [4.78, 5) is 11.7. The molecule has 1 heterocycles. The quantitative estimate of drug-likeness (QED) is 0.133. The molecule has 0 amide bonds. The summed E-state index contributed by atoms with van der Waals surface area (Å²) in [5.74, 6) is -1.15. The number of benzene rings is 3. The fourth-order valence-corrected chi connectivity index (χ4v) is 5.77. The van der Waals surface area contributed by atoms with E-state index in [0.717, 1.165) is 18.8 Å². The van der Waals surface area contributed by atoms with Gasteiger partial charge in [0.15, 0.2) is 23.0 Å². The molecule has 0 unspecified atom stereocenters. The molecule has 0 aliphatic rings. The van der Waals surface area contributed by atoms with Gasteiger partial charge in [-0.15, -0.1) is 0 Å². The third kappa shape index (κ3) is 9.11. The Morgan fingerprint density at radius 2 is 1.27 bits per heavy atom. The molecule has 3 aromatic carbocycles. The van der Waals surface area contributed by atoms with Gasteiger partial charge in [0, 0.05) is 5.56 Å². The molecular formula is C30H30O15S3. The number of carbonyl (C=O) groups is 1. The predicted octanol–water partition coefficient (Wildman–Crippen LogP) is 4.01. The van der Waals surface area contributed by atoms with Crippen molar-refractivity contribution >= 4 is 36.3 Å². The van der Waals surface area contributed by atoms with Crippen LogP contribution in [-0.4, -0.2) is 71.3 Å². The van der Waals surface area contributed by atoms with E-state index in [0.29, 0.717) is 11.1 Å². The molecule has 0 aliphatic carbocycles. The van der Waals surface area contributed by atoms with Gasteiger partial charge in [0.25, 0.3) is 0 Å². The smallest absolute Gasteiger partial charge is 0.373 e. The van der Waals surface area contributed by atoms with Gasteiger partial charge < -0.3 is 35.9 Å². The molecule has 0 N–H and O–H groups in total. The zero-order valence-electron chi connectivity index (χ0n) is 26.3. The average Bonchev–Trinajstić information content (AvgIpc) is 3.46. The first-order chi connectivity index (χ1) is 22.4. The number of hydrogen-bond acceptors (Lipinski definition) is 15. The summed E-state index contributed by atoms with van der Waals surface area (Å²) in [6.45, 7) is -0.237. The Kier molecular flexibility index (Phi) is 10.5. The van der Waals surface area contributed by atoms with Gasteiger partial charge in [-0.2, -0.15) is 25.3 Å². The number of ether oxygens (including phenoxy) is 4. The lowest BCUT2D eigenvalue weighted by Gasteiger charge is -2.21. The van der Waals surface area contributed by atoms with E-state index in [1.54, 1.807) is 0 Å². The minimum atomic E-state index is -4.20. The summed E-state index contributed by atoms with van der Waals surface area (Å²) in [7, 11) is -8.31. The predicted molar refractivity (Wildman–Crippen MR) is 171 cm³/mol. The second-order valence-electron chi connectivity index (χ2n) is 9.96. The highest BCUT2D eigenvalue weighted by Crippen LogP contribution is 2.52. The van der Waals surface area contributed by atoms with Crippen molar-refractivity contribution in [2.45, 2.75) is 6.61 Å². The number of hydrogen-bond donors (Lipinski definition) is 0. The second-order valence-corrected chi connectivity index (χ2v) is 14.7. The van der Waals surface area contributed by atoms with E-state index in [-0.39, 0.29) is 63.8 Å². The molecule has 0 bridgehead atoms. The van der Waals surface area contributed by atoms with Crippen molar-refractivity contribution in [1.29, 1.82) is 0 Å². The zero-order valence-corrected chi connectivity index (χ0v) is 28.8. The van der Waals surface area contributed by atoms with E-state index in [9.17, 15) is 30.0 Å². The van der Waals surface area contributed by atoms with Gasteiger partial charge in [-0.25, -0.2) is 4.79 Å². The fourth-order valence-electron chi connectivity index (χ4n) is 4.39. The lowest BCUT2D eigenvalue weighted by molar-refractivity contribution is 0.0560. The molecule has 0 radical (unpaired) electrons. The lowest BCUT2D eigenvalue weighted by atomic mass is 9.96. The van der Waals surface area contributed by atoms with Gasteiger partial charge in [0.2, 0.25) is 5.76 Å². The van der Waals surface area contributed by atoms with Crippen LogP contribution in [-0.2, 0) is 41.7 Å². The third-order valence-corrected chi connectivity index (χ3v) is 7.61. The van der Waals surface area contributed by atoms with Gasteiger partial charge in [-0.05, 0) is 53.6 Å². The summed E-state index contributed by atoms with van der Waals surface area (Å²) < 4.78 is 115. The van der Waals surface area contributed by atoms with Crippen LogP contribution < -0.4 is 26.8 Å². The van der Waals surface area contributed by atoms with Crippen LogP contribution in [0.15, 0.2) is 65.1 Å². The summed E-state index contributed by atoms with van der Waals surface area (Å²) in [5.41, 5.74) is 0.942. The normalized spacial score (nSPS) is 11.8. The molecule has 4 rings (SSSR count). The Bertz CT molecular complexity index is 2150. The zero-order chi connectivity index (χ0) is 35.4. The molecule has 0 saturated carbocycles. The van der Waals surface area contributed by atoms with Crippen molar-refractivity contribution in [2.24, 2.45) is 0 Å². The number of furan rings is 1. The first-order valence-electron chi connectivity index (χ1n) is 13.4. The Hall–Kier alpha value is -4.94. The van der Waals surface area contributed by atoms with E-state index in [4.69, 9.17) is 31.2 Å². The Morgan fingerprint density at radius 1 is 0.646 bits per heavy atom.